The summed E-state index contributed by atoms with van der Waals surface area (Å²) >= 11 is 0. The highest BCUT2D eigenvalue weighted by atomic mass is 16.5. The van der Waals surface area contributed by atoms with Crippen LogP contribution < -0.4 is 5.32 Å². The molecule has 0 unspecified atom stereocenters. The molecule has 0 radical (unpaired) electrons. The maximum Gasteiger partial charge on any atom is 0.376 e. The van der Waals surface area contributed by atoms with E-state index >= 15 is 0 Å². The van der Waals surface area contributed by atoms with Gasteiger partial charge < -0.3 is 15.0 Å². The van der Waals surface area contributed by atoms with Gasteiger partial charge in [-0.2, -0.15) is 0 Å². The number of ether oxygens (including phenoxy) is 1. The minimum atomic E-state index is -0.530. The van der Waals surface area contributed by atoms with Crippen molar-refractivity contribution in [1.82, 2.24) is 14.9 Å². The quantitative estimate of drug-likeness (QED) is 0.762. The van der Waals surface area contributed by atoms with Crippen molar-refractivity contribution in [2.45, 2.75) is 19.9 Å². The van der Waals surface area contributed by atoms with Crippen LogP contribution in [0.25, 0.3) is 0 Å². The number of hydrogen-bond acceptors (Lipinski definition) is 6. The van der Waals surface area contributed by atoms with Crippen LogP contribution in [0, 0.1) is 0 Å². The molecule has 0 saturated heterocycles. The monoisotopic (exact) mass is 252 g/mol. The first-order valence-electron chi connectivity index (χ1n) is 5.90. The molecule has 0 fully saturated rings. The van der Waals surface area contributed by atoms with Gasteiger partial charge in [-0.25, -0.2) is 14.8 Å². The van der Waals surface area contributed by atoms with Gasteiger partial charge in [0.25, 0.3) is 0 Å². The minimum Gasteiger partial charge on any atom is -0.463 e. The molecule has 6 heteroatoms. The van der Waals surface area contributed by atoms with Gasteiger partial charge in [0.2, 0.25) is 5.82 Å². The lowest BCUT2D eigenvalue weighted by Gasteiger charge is -2.21. The predicted molar refractivity (Wildman–Crippen MR) is 69.6 cm³/mol. The smallest absolute Gasteiger partial charge is 0.376 e. The highest BCUT2D eigenvalue weighted by molar-refractivity contribution is 5.85. The van der Waals surface area contributed by atoms with Crippen LogP contribution >= 0.6 is 0 Å². The standard InChI is InChI=1S/C12H20N4O2/c1-9(2)16(3)8-7-13-10-5-6-14-11(15-10)12(17)18-4/h5-6,9H,7-8H2,1-4H3,(H,13,14,15). The summed E-state index contributed by atoms with van der Waals surface area (Å²) in [5.74, 6) is 0.167. The summed E-state index contributed by atoms with van der Waals surface area (Å²) in [6.45, 7) is 5.93. The van der Waals surface area contributed by atoms with Gasteiger partial charge in [-0.1, -0.05) is 0 Å². The summed E-state index contributed by atoms with van der Waals surface area (Å²) in [6.07, 6.45) is 1.54. The summed E-state index contributed by atoms with van der Waals surface area (Å²) in [4.78, 5) is 21.4. The molecule has 6 nitrogen and oxygen atoms in total. The molecule has 0 saturated carbocycles. The summed E-state index contributed by atoms with van der Waals surface area (Å²) < 4.78 is 4.57. The molecule has 1 N–H and O–H groups in total. The van der Waals surface area contributed by atoms with Crippen LogP contribution in [0.3, 0.4) is 0 Å². The van der Waals surface area contributed by atoms with Crippen LogP contribution in [0.15, 0.2) is 12.3 Å². The van der Waals surface area contributed by atoms with E-state index in [1.807, 2.05) is 0 Å². The third kappa shape index (κ3) is 4.29. The first kappa shape index (κ1) is 14.4. The Hall–Kier alpha value is -1.69. The van der Waals surface area contributed by atoms with E-state index in [9.17, 15) is 4.79 Å². The Morgan fingerprint density at radius 3 is 2.89 bits per heavy atom. The van der Waals surface area contributed by atoms with Crippen LogP contribution in [0.1, 0.15) is 24.5 Å². The van der Waals surface area contributed by atoms with Crippen LogP contribution in [-0.4, -0.2) is 54.1 Å². The van der Waals surface area contributed by atoms with Crippen molar-refractivity contribution in [2.24, 2.45) is 0 Å². The highest BCUT2D eigenvalue weighted by Gasteiger charge is 2.09. The molecule has 0 spiro atoms. The van der Waals surface area contributed by atoms with Gasteiger partial charge in [-0.15, -0.1) is 0 Å². The molecule has 1 rings (SSSR count). The fourth-order valence-corrected chi connectivity index (χ4v) is 1.27. The van der Waals surface area contributed by atoms with Crippen LogP contribution in [0.5, 0.6) is 0 Å². The molecule has 0 bridgehead atoms. The Morgan fingerprint density at radius 1 is 1.56 bits per heavy atom. The summed E-state index contributed by atoms with van der Waals surface area (Å²) in [6, 6.07) is 2.23. The normalized spacial score (nSPS) is 10.8. The number of carbonyl (C=O) groups is 1. The zero-order chi connectivity index (χ0) is 13.5. The molecule has 0 aromatic carbocycles. The number of aromatic nitrogens is 2. The van der Waals surface area contributed by atoms with Crippen LogP contribution in [0.2, 0.25) is 0 Å². The van der Waals surface area contributed by atoms with E-state index in [1.54, 1.807) is 6.07 Å². The molecule has 1 aromatic heterocycles. The number of anilines is 1. The van der Waals surface area contributed by atoms with Gasteiger partial charge >= 0.3 is 5.97 Å². The third-order valence-electron chi connectivity index (χ3n) is 2.68. The molecule has 1 heterocycles. The van der Waals surface area contributed by atoms with E-state index in [4.69, 9.17) is 0 Å². The zero-order valence-electron chi connectivity index (χ0n) is 11.3. The van der Waals surface area contributed by atoms with Gasteiger partial charge in [-0.3, -0.25) is 0 Å². The topological polar surface area (TPSA) is 67.3 Å². The predicted octanol–water partition coefficient (Wildman–Crippen LogP) is 1.02. The molecule has 0 aliphatic heterocycles. The number of esters is 1. The second-order valence-corrected chi connectivity index (χ2v) is 4.26. The van der Waals surface area contributed by atoms with Crippen molar-refractivity contribution in [1.29, 1.82) is 0 Å². The minimum absolute atomic E-state index is 0.0692. The van der Waals surface area contributed by atoms with Gasteiger partial charge in [0.05, 0.1) is 7.11 Å². The van der Waals surface area contributed by atoms with E-state index < -0.39 is 5.97 Å². The second-order valence-electron chi connectivity index (χ2n) is 4.26. The first-order chi connectivity index (χ1) is 8.54. The Morgan fingerprint density at radius 2 is 2.28 bits per heavy atom. The number of nitrogens with one attached hydrogen (secondary N) is 1. The highest BCUT2D eigenvalue weighted by Crippen LogP contribution is 2.03. The lowest BCUT2D eigenvalue weighted by atomic mass is 10.3. The van der Waals surface area contributed by atoms with E-state index in [0.29, 0.717) is 11.9 Å². The fraction of sp³-hybridized carbons (Fsp3) is 0.583. The Balaban J connectivity index is 2.50. The van der Waals surface area contributed by atoms with Crippen LogP contribution in [-0.2, 0) is 4.74 Å². The molecule has 0 amide bonds. The number of hydrogen-bond donors (Lipinski definition) is 1. The zero-order valence-corrected chi connectivity index (χ0v) is 11.3. The van der Waals surface area contributed by atoms with Gasteiger partial charge in [0.15, 0.2) is 0 Å². The second kappa shape index (κ2) is 6.90. The number of rotatable bonds is 6. The SMILES string of the molecule is COC(=O)c1nccc(NCCN(C)C(C)C)n1. The maximum absolute atomic E-state index is 11.3. The lowest BCUT2D eigenvalue weighted by molar-refractivity contribution is 0.0587. The van der Waals surface area contributed by atoms with Gasteiger partial charge in [0, 0.05) is 25.3 Å². The fourth-order valence-electron chi connectivity index (χ4n) is 1.27. The van der Waals surface area contributed by atoms with E-state index in [0.717, 1.165) is 13.1 Å². The molecular weight excluding hydrogens is 232 g/mol. The molecule has 0 aliphatic carbocycles. The summed E-state index contributed by atoms with van der Waals surface area (Å²) in [5, 5.41) is 3.15. The first-order valence-corrected chi connectivity index (χ1v) is 5.90. The van der Waals surface area contributed by atoms with Crippen molar-refractivity contribution in [2.75, 3.05) is 32.6 Å². The number of nitrogens with zero attached hydrogens (tertiary/aromatic N) is 3. The molecule has 1 aromatic rings. The van der Waals surface area contributed by atoms with Crippen LogP contribution in [0.4, 0.5) is 5.82 Å². The maximum atomic E-state index is 11.3. The van der Waals surface area contributed by atoms with Gasteiger partial charge in [-0.05, 0) is 27.0 Å². The number of carbonyl (C=O) groups excluding carboxylic acids is 1. The largest absolute Gasteiger partial charge is 0.463 e. The molecule has 100 valence electrons. The summed E-state index contributed by atoms with van der Waals surface area (Å²) in [5.41, 5.74) is 0. The van der Waals surface area contributed by atoms with E-state index in [-0.39, 0.29) is 5.82 Å². The van der Waals surface area contributed by atoms with Crippen molar-refractivity contribution in [3.05, 3.63) is 18.1 Å². The van der Waals surface area contributed by atoms with Crippen molar-refractivity contribution in [3.8, 4) is 0 Å². The molecular formula is C12H20N4O2. The third-order valence-corrected chi connectivity index (χ3v) is 2.68. The molecule has 0 aliphatic rings. The van der Waals surface area contributed by atoms with Crippen molar-refractivity contribution in [3.63, 3.8) is 0 Å². The Bertz CT molecular complexity index is 395. The van der Waals surface area contributed by atoms with E-state index in [2.05, 4.69) is 45.8 Å². The van der Waals surface area contributed by atoms with Crippen molar-refractivity contribution < 1.29 is 9.53 Å². The Labute approximate surface area is 107 Å². The van der Waals surface area contributed by atoms with Gasteiger partial charge in [0.1, 0.15) is 5.82 Å². The molecule has 18 heavy (non-hydrogen) atoms. The number of methoxy groups -OCH3 is 1. The number of likely N-dealkylation sites (N-methyl/N-ethyl adjacent to an activating group) is 1. The van der Waals surface area contributed by atoms with E-state index in [1.165, 1.54) is 13.3 Å². The average molecular weight is 252 g/mol. The average Bonchev–Trinajstić information content (AvgIpc) is 2.37. The summed E-state index contributed by atoms with van der Waals surface area (Å²) in [7, 11) is 3.37. The molecule has 0 atom stereocenters. The van der Waals surface area contributed by atoms with Crippen molar-refractivity contribution >= 4 is 11.8 Å². The lowest BCUT2D eigenvalue weighted by Crippen LogP contribution is -2.31. The Kier molecular flexibility index (Phi) is 5.51.